The van der Waals surface area contributed by atoms with E-state index in [-0.39, 0.29) is 5.91 Å². The van der Waals surface area contributed by atoms with Crippen LogP contribution in [0.25, 0.3) is 11.0 Å². The Kier molecular flexibility index (Phi) is 4.74. The third kappa shape index (κ3) is 3.09. The van der Waals surface area contributed by atoms with Gasteiger partial charge in [-0.2, -0.15) is 5.10 Å². The van der Waals surface area contributed by atoms with Gasteiger partial charge in [-0.05, 0) is 38.5 Å². The fourth-order valence-corrected chi connectivity index (χ4v) is 2.97. The van der Waals surface area contributed by atoms with Crippen molar-refractivity contribution >= 4 is 22.9 Å². The number of hydrogen-bond acceptors (Lipinski definition) is 4. The fourth-order valence-electron chi connectivity index (χ4n) is 2.97. The van der Waals surface area contributed by atoms with Gasteiger partial charge in [0.15, 0.2) is 0 Å². The molecule has 0 radical (unpaired) electrons. The summed E-state index contributed by atoms with van der Waals surface area (Å²) in [5, 5.41) is 7.27. The zero-order valence-electron chi connectivity index (χ0n) is 15.0. The maximum Gasteiger partial charge on any atom is 0.276 e. The molecule has 0 aliphatic carbocycles. The van der Waals surface area contributed by atoms with Crippen LogP contribution in [0.4, 0.5) is 5.95 Å². The number of amides is 1. The zero-order chi connectivity index (χ0) is 18.0. The molecule has 0 saturated heterocycles. The second-order valence-electron chi connectivity index (χ2n) is 5.86. The number of benzene rings is 1. The van der Waals surface area contributed by atoms with E-state index in [0.29, 0.717) is 23.9 Å². The minimum atomic E-state index is -0.214. The van der Waals surface area contributed by atoms with E-state index in [0.717, 1.165) is 29.7 Å². The molecule has 0 saturated carbocycles. The normalized spacial score (nSPS) is 11.0. The number of fused-ring (bicyclic) bond motifs is 1. The summed E-state index contributed by atoms with van der Waals surface area (Å²) in [6, 6.07) is 7.56. The number of para-hydroxylation sites is 1. The van der Waals surface area contributed by atoms with Gasteiger partial charge in [-0.15, -0.1) is 0 Å². The van der Waals surface area contributed by atoms with Crippen molar-refractivity contribution in [1.29, 1.82) is 0 Å². The quantitative estimate of drug-likeness (QED) is 0.747. The van der Waals surface area contributed by atoms with Crippen LogP contribution in [0.2, 0.25) is 0 Å². The van der Waals surface area contributed by atoms with Crippen LogP contribution < -0.4 is 10.1 Å². The average Bonchev–Trinajstić information content (AvgIpc) is 3.15. The molecule has 0 aliphatic rings. The number of hydrogen-bond donors (Lipinski definition) is 1. The summed E-state index contributed by atoms with van der Waals surface area (Å²) in [5.41, 5.74) is 3.03. The minimum absolute atomic E-state index is 0.214. The summed E-state index contributed by atoms with van der Waals surface area (Å²) in [6.45, 7) is 7.31. The van der Waals surface area contributed by atoms with E-state index in [9.17, 15) is 4.79 Å². The first kappa shape index (κ1) is 17.0. The van der Waals surface area contributed by atoms with Gasteiger partial charge in [-0.3, -0.25) is 14.8 Å². The molecule has 7 heteroatoms. The number of carbonyl (C=O) groups excluding carboxylic acids is 1. The Morgan fingerprint density at radius 2 is 2.12 bits per heavy atom. The molecule has 132 valence electrons. The molecule has 0 fully saturated rings. The van der Waals surface area contributed by atoms with Crippen molar-refractivity contribution in [1.82, 2.24) is 19.3 Å². The van der Waals surface area contributed by atoms with Crippen molar-refractivity contribution in [3.63, 3.8) is 0 Å². The third-order valence-electron chi connectivity index (χ3n) is 4.07. The van der Waals surface area contributed by atoms with Gasteiger partial charge in [0.1, 0.15) is 17.0 Å². The lowest BCUT2D eigenvalue weighted by Gasteiger charge is -2.09. The number of aryl methyl sites for hydroxylation is 3. The second-order valence-corrected chi connectivity index (χ2v) is 5.86. The summed E-state index contributed by atoms with van der Waals surface area (Å²) < 4.78 is 9.10. The average molecular weight is 341 g/mol. The van der Waals surface area contributed by atoms with Crippen LogP contribution >= 0.6 is 0 Å². The Balaban J connectivity index is 2.02. The van der Waals surface area contributed by atoms with Crippen molar-refractivity contribution in [3.05, 3.63) is 35.7 Å². The predicted octanol–water partition coefficient (Wildman–Crippen LogP) is 3.23. The van der Waals surface area contributed by atoms with Crippen LogP contribution in [0.3, 0.4) is 0 Å². The monoisotopic (exact) mass is 341 g/mol. The molecule has 25 heavy (non-hydrogen) atoms. The predicted molar refractivity (Wildman–Crippen MR) is 97.2 cm³/mol. The van der Waals surface area contributed by atoms with E-state index in [4.69, 9.17) is 4.74 Å². The standard InChI is InChI=1S/C18H23N5O2/c1-5-10-22-13-8-7-9-15(25-4)16(13)19-18(22)20-17(24)14-11-12(3)21-23(14)6-2/h7-9,11H,5-6,10H2,1-4H3,(H,19,20,24). The number of rotatable bonds is 6. The highest BCUT2D eigenvalue weighted by Gasteiger charge is 2.19. The van der Waals surface area contributed by atoms with Gasteiger partial charge in [0.05, 0.1) is 18.3 Å². The highest BCUT2D eigenvalue weighted by Crippen LogP contribution is 2.28. The number of carbonyl (C=O) groups is 1. The van der Waals surface area contributed by atoms with Gasteiger partial charge in [0.2, 0.25) is 5.95 Å². The molecule has 0 spiro atoms. The third-order valence-corrected chi connectivity index (χ3v) is 4.07. The highest BCUT2D eigenvalue weighted by molar-refractivity contribution is 6.03. The molecule has 1 amide bonds. The SMILES string of the molecule is CCCn1c(NC(=O)c2cc(C)nn2CC)nc2c(OC)cccc21. The van der Waals surface area contributed by atoms with Gasteiger partial charge in [0, 0.05) is 13.1 Å². The van der Waals surface area contributed by atoms with Gasteiger partial charge < -0.3 is 9.30 Å². The van der Waals surface area contributed by atoms with Gasteiger partial charge in [-0.1, -0.05) is 13.0 Å². The Morgan fingerprint density at radius 3 is 2.80 bits per heavy atom. The van der Waals surface area contributed by atoms with E-state index in [1.54, 1.807) is 17.9 Å². The van der Waals surface area contributed by atoms with Crippen LogP contribution in [0, 0.1) is 6.92 Å². The molecule has 1 N–H and O–H groups in total. The molecule has 3 rings (SSSR count). The molecular weight excluding hydrogens is 318 g/mol. The summed E-state index contributed by atoms with van der Waals surface area (Å²) >= 11 is 0. The van der Waals surface area contributed by atoms with Crippen molar-refractivity contribution in [2.45, 2.75) is 40.3 Å². The first-order valence-corrected chi connectivity index (χ1v) is 8.48. The molecule has 7 nitrogen and oxygen atoms in total. The smallest absolute Gasteiger partial charge is 0.276 e. The lowest BCUT2D eigenvalue weighted by Crippen LogP contribution is -2.20. The summed E-state index contributed by atoms with van der Waals surface area (Å²) in [5.74, 6) is 0.999. The molecular formula is C18H23N5O2. The van der Waals surface area contributed by atoms with Crippen molar-refractivity contribution in [3.8, 4) is 5.75 Å². The van der Waals surface area contributed by atoms with Crippen molar-refractivity contribution < 1.29 is 9.53 Å². The Bertz CT molecular complexity index is 910. The van der Waals surface area contributed by atoms with E-state index in [2.05, 4.69) is 22.3 Å². The molecule has 2 aromatic heterocycles. The molecule has 0 atom stereocenters. The van der Waals surface area contributed by atoms with E-state index in [1.807, 2.05) is 36.6 Å². The van der Waals surface area contributed by atoms with Crippen LogP contribution in [-0.2, 0) is 13.1 Å². The summed E-state index contributed by atoms with van der Waals surface area (Å²) in [4.78, 5) is 17.3. The number of aromatic nitrogens is 4. The lowest BCUT2D eigenvalue weighted by molar-refractivity contribution is 0.101. The number of imidazole rings is 1. The molecule has 3 aromatic rings. The van der Waals surface area contributed by atoms with Crippen molar-refractivity contribution in [2.75, 3.05) is 12.4 Å². The lowest BCUT2D eigenvalue weighted by atomic mass is 10.3. The fraction of sp³-hybridized carbons (Fsp3) is 0.389. The molecule has 1 aromatic carbocycles. The van der Waals surface area contributed by atoms with E-state index in [1.165, 1.54) is 0 Å². The summed E-state index contributed by atoms with van der Waals surface area (Å²) in [6.07, 6.45) is 0.928. The van der Waals surface area contributed by atoms with Crippen molar-refractivity contribution in [2.24, 2.45) is 0 Å². The van der Waals surface area contributed by atoms with Crippen LogP contribution in [0.1, 0.15) is 36.5 Å². The number of nitrogens with zero attached hydrogens (tertiary/aromatic N) is 4. The topological polar surface area (TPSA) is 74.0 Å². The number of ether oxygens (including phenoxy) is 1. The highest BCUT2D eigenvalue weighted by atomic mass is 16.5. The number of nitrogens with one attached hydrogen (secondary N) is 1. The largest absolute Gasteiger partial charge is 0.494 e. The maximum absolute atomic E-state index is 12.7. The van der Waals surface area contributed by atoms with Crippen LogP contribution in [-0.4, -0.2) is 32.3 Å². The Morgan fingerprint density at radius 1 is 1.32 bits per heavy atom. The zero-order valence-corrected chi connectivity index (χ0v) is 15.0. The molecule has 2 heterocycles. The maximum atomic E-state index is 12.7. The van der Waals surface area contributed by atoms with Crippen LogP contribution in [0.5, 0.6) is 5.75 Å². The van der Waals surface area contributed by atoms with E-state index >= 15 is 0 Å². The minimum Gasteiger partial charge on any atom is -0.494 e. The Hall–Kier alpha value is -2.83. The van der Waals surface area contributed by atoms with E-state index < -0.39 is 0 Å². The number of methoxy groups -OCH3 is 1. The Labute approximate surface area is 146 Å². The second kappa shape index (κ2) is 6.96. The number of anilines is 1. The van der Waals surface area contributed by atoms with Gasteiger partial charge in [-0.25, -0.2) is 4.98 Å². The molecule has 0 unspecified atom stereocenters. The summed E-state index contributed by atoms with van der Waals surface area (Å²) in [7, 11) is 1.62. The van der Waals surface area contributed by atoms with Gasteiger partial charge >= 0.3 is 0 Å². The molecule has 0 bridgehead atoms. The van der Waals surface area contributed by atoms with Gasteiger partial charge in [0.25, 0.3) is 5.91 Å². The first-order chi connectivity index (χ1) is 12.1. The first-order valence-electron chi connectivity index (χ1n) is 8.48. The molecule has 0 aliphatic heterocycles. The van der Waals surface area contributed by atoms with Crippen LogP contribution in [0.15, 0.2) is 24.3 Å².